The Morgan fingerprint density at radius 2 is 1.77 bits per heavy atom. The summed E-state index contributed by atoms with van der Waals surface area (Å²) in [5.41, 5.74) is 1.90. The van der Waals surface area contributed by atoms with Crippen molar-refractivity contribution < 1.29 is 12.8 Å². The first kappa shape index (κ1) is 20.5. The van der Waals surface area contributed by atoms with Gasteiger partial charge in [0.1, 0.15) is 5.82 Å². The Morgan fingerprint density at radius 1 is 1.03 bits per heavy atom. The van der Waals surface area contributed by atoms with E-state index in [1.807, 2.05) is 24.3 Å². The number of sulfonamides is 1. The molecule has 3 heterocycles. The maximum Gasteiger partial charge on any atom is 0.251 e. The Bertz CT molecular complexity index is 1100. The van der Waals surface area contributed by atoms with Crippen LogP contribution >= 0.6 is 0 Å². The van der Waals surface area contributed by atoms with E-state index in [2.05, 4.69) is 27.0 Å². The predicted octanol–water partition coefficient (Wildman–Crippen LogP) is 2.90. The van der Waals surface area contributed by atoms with E-state index in [0.29, 0.717) is 42.9 Å². The normalized spacial score (nSPS) is 15.5. The minimum absolute atomic E-state index is 0.343. The summed E-state index contributed by atoms with van der Waals surface area (Å²) >= 11 is 0. The lowest BCUT2D eigenvalue weighted by molar-refractivity contribution is 0.384. The van der Waals surface area contributed by atoms with Gasteiger partial charge >= 0.3 is 0 Å². The van der Waals surface area contributed by atoms with E-state index < -0.39 is 10.0 Å². The number of anilines is 1. The molecule has 4 rings (SSSR count). The average molecular weight is 428 g/mol. The molecular formula is C21H25N5O3S. The third-order valence-corrected chi connectivity index (χ3v) is 7.09. The third-order valence-electron chi connectivity index (χ3n) is 5.18. The summed E-state index contributed by atoms with van der Waals surface area (Å²) in [6, 6.07) is 10.9. The van der Waals surface area contributed by atoms with Crippen molar-refractivity contribution in [3.8, 4) is 11.5 Å². The van der Waals surface area contributed by atoms with Gasteiger partial charge in [0.2, 0.25) is 15.9 Å². The molecule has 2 aromatic heterocycles. The molecule has 0 unspecified atom stereocenters. The van der Waals surface area contributed by atoms with Gasteiger partial charge in [0.05, 0.1) is 10.5 Å². The second-order valence-corrected chi connectivity index (χ2v) is 9.22. The minimum atomic E-state index is -3.51. The highest BCUT2D eigenvalue weighted by Crippen LogP contribution is 2.29. The van der Waals surface area contributed by atoms with Crippen LogP contribution in [-0.4, -0.2) is 54.1 Å². The Labute approximate surface area is 176 Å². The van der Waals surface area contributed by atoms with E-state index in [9.17, 15) is 8.42 Å². The van der Waals surface area contributed by atoms with Gasteiger partial charge in [-0.05, 0) is 36.2 Å². The molecule has 0 saturated carbocycles. The summed E-state index contributed by atoms with van der Waals surface area (Å²) in [6.07, 6.45) is 3.70. The summed E-state index contributed by atoms with van der Waals surface area (Å²) < 4.78 is 33.2. The van der Waals surface area contributed by atoms with Gasteiger partial charge in [0.15, 0.2) is 0 Å². The maximum atomic E-state index is 13.0. The van der Waals surface area contributed by atoms with Crippen molar-refractivity contribution >= 4 is 15.8 Å². The first-order valence-electron chi connectivity index (χ1n) is 10.1. The number of piperazine rings is 1. The lowest BCUT2D eigenvalue weighted by Gasteiger charge is -2.35. The van der Waals surface area contributed by atoms with Crippen molar-refractivity contribution in [3.05, 3.63) is 54.0 Å². The summed E-state index contributed by atoms with van der Waals surface area (Å²) in [4.78, 5) is 6.89. The molecule has 0 atom stereocenters. The van der Waals surface area contributed by atoms with Crippen molar-refractivity contribution in [2.24, 2.45) is 0 Å². The lowest BCUT2D eigenvalue weighted by atomic mass is 10.1. The number of benzene rings is 1. The first-order valence-corrected chi connectivity index (χ1v) is 11.5. The Balaban J connectivity index is 1.49. The van der Waals surface area contributed by atoms with Crippen LogP contribution in [0.5, 0.6) is 0 Å². The van der Waals surface area contributed by atoms with Crippen LogP contribution in [0.4, 0.5) is 5.82 Å². The van der Waals surface area contributed by atoms with Crippen molar-refractivity contribution in [2.45, 2.75) is 31.6 Å². The van der Waals surface area contributed by atoms with Crippen LogP contribution in [0.3, 0.4) is 0 Å². The van der Waals surface area contributed by atoms with Crippen molar-refractivity contribution in [1.82, 2.24) is 19.5 Å². The number of aromatic nitrogens is 3. The fraction of sp³-hybridized carbons (Fsp3) is 0.381. The van der Waals surface area contributed by atoms with Crippen LogP contribution in [0.15, 0.2) is 51.9 Å². The number of aryl methyl sites for hydroxylation is 2. The first-order chi connectivity index (χ1) is 14.5. The third kappa shape index (κ3) is 4.08. The topological polar surface area (TPSA) is 92.4 Å². The number of pyridine rings is 1. The van der Waals surface area contributed by atoms with E-state index in [0.717, 1.165) is 29.8 Å². The van der Waals surface area contributed by atoms with E-state index in [1.54, 1.807) is 25.3 Å². The largest absolute Gasteiger partial charge is 0.421 e. The second-order valence-electron chi connectivity index (χ2n) is 7.29. The molecule has 1 saturated heterocycles. The number of nitrogens with zero attached hydrogens (tertiary/aromatic N) is 5. The highest BCUT2D eigenvalue weighted by molar-refractivity contribution is 7.89. The number of hydrogen-bond acceptors (Lipinski definition) is 7. The van der Waals surface area contributed by atoms with Crippen LogP contribution in [0.2, 0.25) is 0 Å². The quantitative estimate of drug-likeness (QED) is 0.597. The van der Waals surface area contributed by atoms with Crippen LogP contribution in [0, 0.1) is 6.92 Å². The highest BCUT2D eigenvalue weighted by atomic mass is 32.2. The smallest absolute Gasteiger partial charge is 0.251 e. The Morgan fingerprint density at radius 3 is 2.40 bits per heavy atom. The predicted molar refractivity (Wildman–Crippen MR) is 114 cm³/mol. The summed E-state index contributed by atoms with van der Waals surface area (Å²) in [5, 5.41) is 7.99. The molecule has 8 nitrogen and oxygen atoms in total. The fourth-order valence-electron chi connectivity index (χ4n) is 3.63. The molecule has 0 spiro atoms. The maximum absolute atomic E-state index is 13.0. The average Bonchev–Trinajstić information content (AvgIpc) is 3.21. The van der Waals surface area contributed by atoms with E-state index >= 15 is 0 Å². The van der Waals surface area contributed by atoms with Crippen molar-refractivity contribution in [2.75, 3.05) is 31.1 Å². The minimum Gasteiger partial charge on any atom is -0.421 e. The molecule has 158 valence electrons. The Hall–Kier alpha value is -2.78. The molecule has 0 radical (unpaired) electrons. The molecule has 0 amide bonds. The molecule has 30 heavy (non-hydrogen) atoms. The molecule has 0 bridgehead atoms. The fourth-order valence-corrected chi connectivity index (χ4v) is 5.05. The zero-order chi connectivity index (χ0) is 21.1. The van der Waals surface area contributed by atoms with E-state index in [1.165, 1.54) is 4.31 Å². The van der Waals surface area contributed by atoms with Crippen molar-refractivity contribution in [3.63, 3.8) is 0 Å². The van der Waals surface area contributed by atoms with Gasteiger partial charge in [-0.3, -0.25) is 0 Å². The van der Waals surface area contributed by atoms with E-state index in [4.69, 9.17) is 4.42 Å². The Kier molecular flexibility index (Phi) is 5.83. The molecule has 1 fully saturated rings. The lowest BCUT2D eigenvalue weighted by Crippen LogP contribution is -2.49. The molecule has 0 aliphatic carbocycles. The van der Waals surface area contributed by atoms with Gasteiger partial charge in [0.25, 0.3) is 5.89 Å². The summed E-state index contributed by atoms with van der Waals surface area (Å²) in [5.74, 6) is 1.63. The van der Waals surface area contributed by atoms with Gasteiger partial charge in [-0.15, -0.1) is 10.2 Å². The zero-order valence-electron chi connectivity index (χ0n) is 17.2. The van der Waals surface area contributed by atoms with Crippen molar-refractivity contribution in [1.29, 1.82) is 0 Å². The molecule has 0 N–H and O–H groups in total. The zero-order valence-corrected chi connectivity index (χ0v) is 18.0. The number of hydrogen-bond donors (Lipinski definition) is 0. The van der Waals surface area contributed by atoms with Gasteiger partial charge in [-0.25, -0.2) is 13.4 Å². The molecule has 9 heteroatoms. The standard InChI is InChI=1S/C21H25N5O3S/c1-3-5-17-7-9-18(10-8-17)30(27,28)26-14-12-25(13-15-26)20-19(6-4-11-22-20)21-24-23-16(2)29-21/h4,6-11H,3,5,12-15H2,1-2H3. The van der Waals surface area contributed by atoms with E-state index in [-0.39, 0.29) is 0 Å². The van der Waals surface area contributed by atoms with Crippen LogP contribution < -0.4 is 4.90 Å². The van der Waals surface area contributed by atoms with Gasteiger partial charge < -0.3 is 9.32 Å². The molecule has 1 aliphatic rings. The highest BCUT2D eigenvalue weighted by Gasteiger charge is 2.30. The van der Waals surface area contributed by atoms with Gasteiger partial charge in [-0.1, -0.05) is 25.5 Å². The van der Waals surface area contributed by atoms with Crippen LogP contribution in [0.25, 0.3) is 11.5 Å². The molecular weight excluding hydrogens is 402 g/mol. The van der Waals surface area contributed by atoms with Gasteiger partial charge in [-0.2, -0.15) is 4.31 Å². The molecule has 1 aliphatic heterocycles. The summed E-state index contributed by atoms with van der Waals surface area (Å²) in [7, 11) is -3.51. The molecule has 1 aromatic carbocycles. The summed E-state index contributed by atoms with van der Waals surface area (Å²) in [6.45, 7) is 5.69. The molecule has 3 aromatic rings. The SMILES string of the molecule is CCCc1ccc(S(=O)(=O)N2CCN(c3ncccc3-c3nnc(C)o3)CC2)cc1. The van der Waals surface area contributed by atoms with Gasteiger partial charge in [0, 0.05) is 39.3 Å². The van der Waals surface area contributed by atoms with Crippen LogP contribution in [0.1, 0.15) is 24.8 Å². The van der Waals surface area contributed by atoms with Crippen LogP contribution in [-0.2, 0) is 16.4 Å². The number of rotatable bonds is 6. The second kappa shape index (κ2) is 8.53. The monoisotopic (exact) mass is 427 g/mol.